The third kappa shape index (κ3) is 4.53. The molecule has 2 aromatic carbocycles. The number of benzene rings is 2. The first kappa shape index (κ1) is 14.9. The van der Waals surface area contributed by atoms with Gasteiger partial charge in [-0.3, -0.25) is 0 Å². The van der Waals surface area contributed by atoms with Crippen LogP contribution in [0.2, 0.25) is 0 Å². The second kappa shape index (κ2) is 7.33. The Balaban J connectivity index is 1.91. The van der Waals surface area contributed by atoms with E-state index in [0.717, 1.165) is 5.56 Å². The Bertz CT molecular complexity index is 594. The summed E-state index contributed by atoms with van der Waals surface area (Å²) in [6.45, 7) is 5.00. The molecule has 4 heteroatoms. The zero-order chi connectivity index (χ0) is 15.1. The topological polar surface area (TPSA) is 50.4 Å². The van der Waals surface area contributed by atoms with Gasteiger partial charge in [0, 0.05) is 6.54 Å². The minimum atomic E-state index is -0.247. The Morgan fingerprint density at radius 3 is 2.52 bits per heavy atom. The van der Waals surface area contributed by atoms with Crippen LogP contribution in [0.5, 0.6) is 5.75 Å². The number of ether oxygens (including phenoxy) is 1. The van der Waals surface area contributed by atoms with Crippen molar-refractivity contribution in [2.45, 2.75) is 20.4 Å². The van der Waals surface area contributed by atoms with E-state index in [4.69, 9.17) is 4.74 Å². The summed E-state index contributed by atoms with van der Waals surface area (Å²) in [5, 5.41) is 5.63. The fraction of sp³-hybridized carbons (Fsp3) is 0.235. The van der Waals surface area contributed by atoms with Crippen LogP contribution >= 0.6 is 0 Å². The molecule has 0 atom stereocenters. The van der Waals surface area contributed by atoms with Crippen molar-refractivity contribution in [2.24, 2.45) is 0 Å². The van der Waals surface area contributed by atoms with Gasteiger partial charge >= 0.3 is 6.03 Å². The van der Waals surface area contributed by atoms with Crippen LogP contribution in [0, 0.1) is 6.92 Å². The van der Waals surface area contributed by atoms with Gasteiger partial charge in [-0.25, -0.2) is 4.79 Å². The van der Waals surface area contributed by atoms with Gasteiger partial charge in [-0.15, -0.1) is 0 Å². The summed E-state index contributed by atoms with van der Waals surface area (Å²) in [4.78, 5) is 11.9. The normalized spacial score (nSPS) is 10.0. The molecule has 0 radical (unpaired) electrons. The molecule has 0 aliphatic heterocycles. The van der Waals surface area contributed by atoms with Crippen molar-refractivity contribution < 1.29 is 9.53 Å². The maximum absolute atomic E-state index is 11.9. The molecule has 110 valence electrons. The van der Waals surface area contributed by atoms with Crippen LogP contribution < -0.4 is 15.4 Å². The highest BCUT2D eigenvalue weighted by Crippen LogP contribution is 2.23. The second-order valence-electron chi connectivity index (χ2n) is 4.72. The first-order chi connectivity index (χ1) is 10.2. The predicted octanol–water partition coefficient (Wildman–Crippen LogP) is 3.72. The second-order valence-corrected chi connectivity index (χ2v) is 4.72. The maximum Gasteiger partial charge on any atom is 0.319 e. The highest BCUT2D eigenvalue weighted by molar-refractivity contribution is 5.90. The summed E-state index contributed by atoms with van der Waals surface area (Å²) in [5.74, 6) is 0.672. The molecule has 0 heterocycles. The molecule has 2 aromatic rings. The molecule has 0 bridgehead atoms. The predicted molar refractivity (Wildman–Crippen MR) is 84.6 cm³/mol. The smallest absolute Gasteiger partial charge is 0.319 e. The van der Waals surface area contributed by atoms with Gasteiger partial charge in [0.2, 0.25) is 0 Å². The van der Waals surface area contributed by atoms with Crippen LogP contribution in [0.4, 0.5) is 10.5 Å². The number of carbonyl (C=O) groups is 1. The number of hydrogen-bond acceptors (Lipinski definition) is 2. The fourth-order valence-corrected chi connectivity index (χ4v) is 1.91. The van der Waals surface area contributed by atoms with E-state index in [1.807, 2.05) is 62.4 Å². The molecule has 21 heavy (non-hydrogen) atoms. The van der Waals surface area contributed by atoms with Crippen molar-refractivity contribution in [1.82, 2.24) is 5.32 Å². The lowest BCUT2D eigenvalue weighted by atomic mass is 10.1. The third-order valence-electron chi connectivity index (χ3n) is 3.01. The summed E-state index contributed by atoms with van der Waals surface area (Å²) in [5.41, 5.74) is 2.93. The van der Waals surface area contributed by atoms with Crippen molar-refractivity contribution in [2.75, 3.05) is 11.9 Å². The van der Waals surface area contributed by atoms with E-state index in [1.54, 1.807) is 0 Å². The first-order valence-electron chi connectivity index (χ1n) is 7.01. The van der Waals surface area contributed by atoms with Crippen molar-refractivity contribution in [1.29, 1.82) is 0 Å². The number of hydrogen-bond donors (Lipinski definition) is 2. The average molecular weight is 284 g/mol. The summed E-state index contributed by atoms with van der Waals surface area (Å²) >= 11 is 0. The zero-order valence-electron chi connectivity index (χ0n) is 12.3. The molecule has 0 unspecified atom stereocenters. The van der Waals surface area contributed by atoms with Gasteiger partial charge < -0.3 is 15.4 Å². The van der Waals surface area contributed by atoms with E-state index in [9.17, 15) is 4.79 Å². The van der Waals surface area contributed by atoms with Crippen molar-refractivity contribution in [3.05, 3.63) is 59.7 Å². The molecule has 2 amide bonds. The van der Waals surface area contributed by atoms with E-state index in [1.165, 1.54) is 5.56 Å². The lowest BCUT2D eigenvalue weighted by Crippen LogP contribution is -2.28. The quantitative estimate of drug-likeness (QED) is 0.879. The Morgan fingerprint density at radius 2 is 1.81 bits per heavy atom. The number of nitrogens with one attached hydrogen (secondary N) is 2. The Hall–Kier alpha value is -2.49. The minimum absolute atomic E-state index is 0.247. The standard InChI is InChI=1S/C17H20N2O2/c1-3-21-16-7-5-4-6-15(16)19-17(20)18-12-14-10-8-13(2)9-11-14/h4-11H,3,12H2,1-2H3,(H2,18,19,20). The average Bonchev–Trinajstić information content (AvgIpc) is 2.49. The molecule has 2 N–H and O–H groups in total. The lowest BCUT2D eigenvalue weighted by Gasteiger charge is -2.12. The molecule has 4 nitrogen and oxygen atoms in total. The number of carbonyl (C=O) groups excluding carboxylic acids is 1. The molecule has 0 fully saturated rings. The Morgan fingerprint density at radius 1 is 1.10 bits per heavy atom. The third-order valence-corrected chi connectivity index (χ3v) is 3.01. The number of urea groups is 1. The van der Waals surface area contributed by atoms with Crippen LogP contribution in [0.15, 0.2) is 48.5 Å². The van der Waals surface area contributed by atoms with E-state index in [0.29, 0.717) is 24.6 Å². The van der Waals surface area contributed by atoms with E-state index < -0.39 is 0 Å². The van der Waals surface area contributed by atoms with E-state index >= 15 is 0 Å². The SMILES string of the molecule is CCOc1ccccc1NC(=O)NCc1ccc(C)cc1. The number of rotatable bonds is 5. The van der Waals surface area contributed by atoms with Crippen LogP contribution in [-0.4, -0.2) is 12.6 Å². The van der Waals surface area contributed by atoms with E-state index in [2.05, 4.69) is 10.6 Å². The first-order valence-corrected chi connectivity index (χ1v) is 7.01. The van der Waals surface area contributed by atoms with Gasteiger partial charge in [0.1, 0.15) is 5.75 Å². The van der Waals surface area contributed by atoms with Crippen LogP contribution in [0.25, 0.3) is 0 Å². The van der Waals surface area contributed by atoms with Gasteiger partial charge in [-0.05, 0) is 31.5 Å². The summed E-state index contributed by atoms with van der Waals surface area (Å²) < 4.78 is 5.47. The summed E-state index contributed by atoms with van der Waals surface area (Å²) in [6.07, 6.45) is 0. The van der Waals surface area contributed by atoms with Gasteiger partial charge in [0.05, 0.1) is 12.3 Å². The van der Waals surface area contributed by atoms with Gasteiger partial charge in [0.25, 0.3) is 0 Å². The lowest BCUT2D eigenvalue weighted by molar-refractivity contribution is 0.251. The minimum Gasteiger partial charge on any atom is -0.492 e. The number of para-hydroxylation sites is 2. The number of aryl methyl sites for hydroxylation is 1. The monoisotopic (exact) mass is 284 g/mol. The molecular formula is C17H20N2O2. The highest BCUT2D eigenvalue weighted by atomic mass is 16.5. The van der Waals surface area contributed by atoms with Crippen LogP contribution in [0.3, 0.4) is 0 Å². The van der Waals surface area contributed by atoms with Crippen molar-refractivity contribution >= 4 is 11.7 Å². The Labute approximate surface area is 125 Å². The molecule has 0 saturated heterocycles. The highest BCUT2D eigenvalue weighted by Gasteiger charge is 2.06. The van der Waals surface area contributed by atoms with Crippen LogP contribution in [-0.2, 0) is 6.54 Å². The fourth-order valence-electron chi connectivity index (χ4n) is 1.91. The molecule has 0 spiro atoms. The summed E-state index contributed by atoms with van der Waals surface area (Å²) in [6, 6.07) is 15.2. The Kier molecular flexibility index (Phi) is 5.21. The van der Waals surface area contributed by atoms with Gasteiger partial charge in [-0.2, -0.15) is 0 Å². The molecule has 0 aliphatic carbocycles. The van der Waals surface area contributed by atoms with Crippen molar-refractivity contribution in [3.8, 4) is 5.75 Å². The van der Waals surface area contributed by atoms with Gasteiger partial charge in [0.15, 0.2) is 0 Å². The molecule has 0 aromatic heterocycles. The number of anilines is 1. The largest absolute Gasteiger partial charge is 0.492 e. The molecule has 0 saturated carbocycles. The summed E-state index contributed by atoms with van der Waals surface area (Å²) in [7, 11) is 0. The molecule has 2 rings (SSSR count). The molecule has 0 aliphatic rings. The van der Waals surface area contributed by atoms with Gasteiger partial charge in [-0.1, -0.05) is 42.0 Å². The van der Waals surface area contributed by atoms with Crippen molar-refractivity contribution in [3.63, 3.8) is 0 Å². The zero-order valence-corrected chi connectivity index (χ0v) is 12.3. The maximum atomic E-state index is 11.9. The number of amides is 2. The van der Waals surface area contributed by atoms with Crippen LogP contribution in [0.1, 0.15) is 18.1 Å². The van der Waals surface area contributed by atoms with E-state index in [-0.39, 0.29) is 6.03 Å². The molecular weight excluding hydrogens is 264 g/mol.